The number of nitrogens with two attached hydrogens (primary N) is 1. The van der Waals surface area contributed by atoms with Crippen molar-refractivity contribution in [3.05, 3.63) is 107 Å². The molecule has 71 heavy (non-hydrogen) atoms. The molecule has 2 saturated carbocycles. The average molecular weight is 981 g/mol. The van der Waals surface area contributed by atoms with Gasteiger partial charge in [-0.1, -0.05) is 39.8 Å². The van der Waals surface area contributed by atoms with Crippen LogP contribution in [0.25, 0.3) is 21.8 Å². The Bertz CT molecular complexity index is 3000. The third kappa shape index (κ3) is 11.2. The van der Waals surface area contributed by atoms with Crippen molar-refractivity contribution in [2.75, 3.05) is 37.3 Å². The van der Waals surface area contributed by atoms with Gasteiger partial charge in [0.25, 0.3) is 0 Å². The van der Waals surface area contributed by atoms with Crippen molar-refractivity contribution in [1.29, 1.82) is 0 Å². The van der Waals surface area contributed by atoms with E-state index >= 15 is 0 Å². The molecular weight excluding hydrogens is 922 g/mol. The zero-order valence-corrected chi connectivity index (χ0v) is 40.7. The highest BCUT2D eigenvalue weighted by atomic mass is 19.4. The van der Waals surface area contributed by atoms with E-state index in [4.69, 9.17) is 34.2 Å². The van der Waals surface area contributed by atoms with Crippen molar-refractivity contribution in [1.82, 2.24) is 15.3 Å². The Labute approximate surface area is 408 Å². The Morgan fingerprint density at radius 3 is 1.45 bits per heavy atom. The fourth-order valence-corrected chi connectivity index (χ4v) is 8.40. The first-order chi connectivity index (χ1) is 33.4. The van der Waals surface area contributed by atoms with E-state index in [0.717, 1.165) is 87.1 Å². The van der Waals surface area contributed by atoms with E-state index in [-0.39, 0.29) is 36.2 Å². The number of aromatic amines is 2. The molecule has 0 bridgehead atoms. The molecule has 4 aromatic carbocycles. The number of ether oxygens (including phenoxy) is 5. The first-order valence-corrected chi connectivity index (χ1v) is 23.3. The Balaban J connectivity index is 0.000000174. The third-order valence-electron chi connectivity index (χ3n) is 13.2. The van der Waals surface area contributed by atoms with Crippen molar-refractivity contribution in [3.8, 4) is 23.0 Å². The highest BCUT2D eigenvalue weighted by Gasteiger charge is 2.53. The van der Waals surface area contributed by atoms with Crippen LogP contribution in [0.1, 0.15) is 96.7 Å². The fourth-order valence-electron chi connectivity index (χ4n) is 8.40. The zero-order valence-electron chi connectivity index (χ0n) is 40.7. The number of aldehydes is 1. The van der Waals surface area contributed by atoms with Gasteiger partial charge in [-0.05, 0) is 130 Å². The van der Waals surface area contributed by atoms with Gasteiger partial charge < -0.3 is 55.3 Å². The van der Waals surface area contributed by atoms with Crippen molar-refractivity contribution < 1.29 is 56.0 Å². The third-order valence-corrected chi connectivity index (χ3v) is 13.2. The van der Waals surface area contributed by atoms with Gasteiger partial charge in [0.15, 0.2) is 23.0 Å². The summed E-state index contributed by atoms with van der Waals surface area (Å²) in [5.74, 6) is 2.86. The Hall–Kier alpha value is -7.21. The second-order valence-corrected chi connectivity index (χ2v) is 20.7. The minimum absolute atomic E-state index is 0.0154. The molecule has 0 spiro atoms. The van der Waals surface area contributed by atoms with Crippen molar-refractivity contribution in [2.45, 2.75) is 108 Å². The van der Waals surface area contributed by atoms with E-state index < -0.39 is 35.0 Å². The minimum Gasteiger partial charge on any atom is -0.454 e. The highest BCUT2D eigenvalue weighted by molar-refractivity contribution is 6.03. The molecule has 15 nitrogen and oxygen atoms in total. The van der Waals surface area contributed by atoms with Crippen LogP contribution >= 0.6 is 0 Å². The SMILES string of the molecule is CC(C)(C)OC(=O)NCC(C)(C)c1cc2cc(NC(=O)C3(c4ccc5c(c4)OCO5)CC3)ccc2[nH]1.CC(C)(CN)c1cc2cc(NC(=O)C3(c4ccc5c(c4)OCO5)CC3)ccc2[nH]1.O=CC(F)(F)F. The summed E-state index contributed by atoms with van der Waals surface area (Å²) < 4.78 is 58.4. The lowest BCUT2D eigenvalue weighted by Gasteiger charge is -2.25. The van der Waals surface area contributed by atoms with Crippen LogP contribution in [-0.4, -0.2) is 72.6 Å². The Morgan fingerprint density at radius 1 is 0.634 bits per heavy atom. The lowest BCUT2D eigenvalue weighted by molar-refractivity contribution is -0.156. The van der Waals surface area contributed by atoms with E-state index in [1.165, 1.54) is 0 Å². The molecule has 2 fully saturated rings. The van der Waals surface area contributed by atoms with Crippen LogP contribution in [-0.2, 0) is 40.8 Å². The maximum Gasteiger partial charge on any atom is 0.446 e. The molecule has 2 aromatic heterocycles. The predicted octanol–water partition coefficient (Wildman–Crippen LogP) is 9.92. The molecule has 18 heteroatoms. The number of hydrogen-bond acceptors (Lipinski definition) is 10. The number of anilines is 2. The number of hydrogen-bond donors (Lipinski definition) is 6. The van der Waals surface area contributed by atoms with Gasteiger partial charge in [0.2, 0.25) is 31.7 Å². The largest absolute Gasteiger partial charge is 0.454 e. The number of benzene rings is 4. The number of alkyl carbamates (subject to hydrolysis) is 1. The van der Waals surface area contributed by atoms with Crippen LogP contribution in [0.3, 0.4) is 0 Å². The van der Waals surface area contributed by atoms with E-state index in [1.54, 1.807) is 0 Å². The molecule has 6 aromatic rings. The van der Waals surface area contributed by atoms with Crippen molar-refractivity contribution >= 4 is 57.4 Å². The summed E-state index contributed by atoms with van der Waals surface area (Å²) in [6, 6.07) is 27.5. The summed E-state index contributed by atoms with van der Waals surface area (Å²) in [6.45, 7) is 15.3. The summed E-state index contributed by atoms with van der Waals surface area (Å²) in [4.78, 5) is 54.1. The summed E-state index contributed by atoms with van der Waals surface area (Å²) in [5.41, 5.74) is 11.4. The number of nitrogens with one attached hydrogen (secondary N) is 5. The molecule has 4 heterocycles. The molecule has 7 N–H and O–H groups in total. The molecule has 2 aliphatic heterocycles. The first kappa shape index (κ1) is 50.2. The second kappa shape index (κ2) is 18.8. The van der Waals surface area contributed by atoms with Crippen LogP contribution in [0.4, 0.5) is 29.3 Å². The van der Waals surface area contributed by atoms with Gasteiger partial charge in [0.1, 0.15) is 5.60 Å². The lowest BCUT2D eigenvalue weighted by Crippen LogP contribution is -2.39. The number of fused-ring (bicyclic) bond motifs is 4. The standard InChI is InChI=1S/C28H33N3O5.C23H25N3O3.C2HF3O/c1-26(2,3)36-25(33)29-15-27(4,5)23-13-17-12-19(7-8-20(17)31-23)30-24(32)28(10-11-28)18-6-9-21-22(14-18)35-16-34-21;1-22(2,12-24)20-10-14-9-16(4-5-17(14)26-20)25-21(27)23(7-8-23)15-3-6-18-19(11-15)29-13-28-18;3-2(4,5)1-6/h6-9,12-14,31H,10-11,15-16H2,1-5H3,(H,29,33)(H,30,32);3-6,9-11,26H,7-8,12-13,24H2,1-2H3,(H,25,27);1H. The van der Waals surface area contributed by atoms with Crippen LogP contribution in [0, 0.1) is 0 Å². The number of H-pyrrole nitrogens is 2. The summed E-state index contributed by atoms with van der Waals surface area (Å²) >= 11 is 0. The van der Waals surface area contributed by atoms with Gasteiger partial charge in [-0.15, -0.1) is 0 Å². The van der Waals surface area contributed by atoms with Crippen molar-refractivity contribution in [3.63, 3.8) is 0 Å². The number of rotatable bonds is 11. The number of amides is 3. The number of aromatic nitrogens is 2. The smallest absolute Gasteiger partial charge is 0.446 e. The lowest BCUT2D eigenvalue weighted by atomic mass is 9.89. The van der Waals surface area contributed by atoms with E-state index in [0.29, 0.717) is 30.3 Å². The van der Waals surface area contributed by atoms with Crippen LogP contribution in [0.2, 0.25) is 0 Å². The maximum absolute atomic E-state index is 13.3. The maximum atomic E-state index is 13.3. The first-order valence-electron chi connectivity index (χ1n) is 23.3. The second-order valence-electron chi connectivity index (χ2n) is 20.7. The number of carbonyl (C=O) groups is 4. The Morgan fingerprint density at radius 2 is 1.06 bits per heavy atom. The Kier molecular flexibility index (Phi) is 13.3. The number of carbonyl (C=O) groups excluding carboxylic acids is 4. The molecule has 10 rings (SSSR count). The van der Waals surface area contributed by atoms with E-state index in [9.17, 15) is 27.6 Å². The van der Waals surface area contributed by atoms with Gasteiger partial charge in [0.05, 0.1) is 10.8 Å². The molecule has 0 radical (unpaired) electrons. The summed E-state index contributed by atoms with van der Waals surface area (Å²) in [5, 5.41) is 11.1. The number of halogens is 3. The normalized spacial score (nSPS) is 15.9. The van der Waals surface area contributed by atoms with Crippen LogP contribution in [0.15, 0.2) is 84.9 Å². The molecule has 0 atom stereocenters. The molecule has 3 amide bonds. The molecular formula is C53H59F3N6O9. The summed E-state index contributed by atoms with van der Waals surface area (Å²) in [6.07, 6.45) is -2.87. The monoisotopic (exact) mass is 980 g/mol. The van der Waals surface area contributed by atoms with Crippen molar-refractivity contribution in [2.24, 2.45) is 5.73 Å². The van der Waals surface area contributed by atoms with Gasteiger partial charge >= 0.3 is 12.3 Å². The topological polar surface area (TPSA) is 208 Å². The molecule has 4 aliphatic rings. The molecule has 0 saturated heterocycles. The predicted molar refractivity (Wildman–Crippen MR) is 262 cm³/mol. The van der Waals surface area contributed by atoms with Crippen LogP contribution in [0.5, 0.6) is 23.0 Å². The minimum atomic E-state index is -4.64. The zero-order chi connectivity index (χ0) is 51.1. The fraction of sp³-hybridized carbons (Fsp3) is 0.396. The molecule has 2 aliphatic carbocycles. The van der Waals surface area contributed by atoms with Crippen LogP contribution < -0.4 is 40.6 Å². The van der Waals surface area contributed by atoms with Gasteiger partial charge in [-0.2, -0.15) is 13.2 Å². The molecule has 0 unspecified atom stereocenters. The molecule has 376 valence electrons. The van der Waals surface area contributed by atoms with Gasteiger partial charge in [-0.25, -0.2) is 4.79 Å². The highest BCUT2D eigenvalue weighted by Crippen LogP contribution is 2.52. The summed E-state index contributed by atoms with van der Waals surface area (Å²) in [7, 11) is 0. The van der Waals surface area contributed by atoms with Gasteiger partial charge in [-0.3, -0.25) is 14.4 Å². The number of alkyl halides is 3. The average Bonchev–Trinajstić information content (AvgIpc) is 4.01. The quantitative estimate of drug-likeness (QED) is 0.0677. The van der Waals surface area contributed by atoms with Gasteiger partial charge in [0, 0.05) is 68.5 Å². The van der Waals surface area contributed by atoms with E-state index in [1.807, 2.05) is 93.6 Å². The van der Waals surface area contributed by atoms with E-state index in [2.05, 4.69) is 65.7 Å².